The van der Waals surface area contributed by atoms with Crippen LogP contribution in [-0.2, 0) is 25.1 Å². The smallest absolute Gasteiger partial charge is 0.404 e. The molecule has 0 aliphatic rings. The van der Waals surface area contributed by atoms with Crippen molar-refractivity contribution < 1.29 is 28.2 Å². The highest BCUT2D eigenvalue weighted by atomic mass is 31.2. The van der Waals surface area contributed by atoms with Crippen molar-refractivity contribution >= 4 is 24.6 Å². The normalized spacial score (nSPS) is 13.5. The number of unbranched alkanes of at least 4 members (excludes halogenated alkanes) is 15. The molecule has 2 heterocycles. The van der Waals surface area contributed by atoms with Crippen molar-refractivity contribution in [3.05, 3.63) is 43.0 Å². The van der Waals surface area contributed by atoms with Crippen molar-refractivity contribution in [2.45, 2.75) is 129 Å². The summed E-state index contributed by atoms with van der Waals surface area (Å²) in [6.45, 7) is 3.53. The minimum atomic E-state index is -3.71. The first kappa shape index (κ1) is 39.9. The second-order valence-electron chi connectivity index (χ2n) is 12.5. The van der Waals surface area contributed by atoms with E-state index in [0.29, 0.717) is 43.1 Å². The molecule has 3 aromatic rings. The van der Waals surface area contributed by atoms with E-state index in [0.717, 1.165) is 12.8 Å². The SMILES string of the molecule is CCCCCCCCCCCCCCCCCCOCCOP(=O)(COC(CCO)Cn1cnc2c(N)ncnc21)Oc1ccccc1. The quantitative estimate of drug-likeness (QED) is 0.0515. The van der Waals surface area contributed by atoms with E-state index in [4.69, 9.17) is 24.3 Å². The van der Waals surface area contributed by atoms with Gasteiger partial charge in [0, 0.05) is 13.2 Å². The van der Waals surface area contributed by atoms with Crippen LogP contribution in [0.2, 0.25) is 0 Å². The minimum Gasteiger partial charge on any atom is -0.423 e. The Labute approximate surface area is 287 Å². The van der Waals surface area contributed by atoms with Gasteiger partial charge in [-0.3, -0.25) is 4.52 Å². The maximum absolute atomic E-state index is 13.8. The maximum atomic E-state index is 13.8. The van der Waals surface area contributed by atoms with E-state index in [9.17, 15) is 9.67 Å². The Bertz CT molecular complexity index is 1280. The van der Waals surface area contributed by atoms with Gasteiger partial charge in [-0.1, -0.05) is 121 Å². The number of ether oxygens (including phenoxy) is 2. The number of nitrogens with zero attached hydrogens (tertiary/aromatic N) is 4. The predicted octanol–water partition coefficient (Wildman–Crippen LogP) is 8.70. The zero-order valence-electron chi connectivity index (χ0n) is 29.2. The monoisotopic (exact) mass is 689 g/mol. The molecular formula is C36H60N5O6P. The molecule has 1 aromatic carbocycles. The largest absolute Gasteiger partial charge is 0.423 e. The van der Waals surface area contributed by atoms with E-state index in [1.165, 1.54) is 96.2 Å². The van der Waals surface area contributed by atoms with E-state index in [1.807, 2.05) is 6.07 Å². The summed E-state index contributed by atoms with van der Waals surface area (Å²) in [7, 11) is -3.71. The second-order valence-corrected chi connectivity index (χ2v) is 14.4. The summed E-state index contributed by atoms with van der Waals surface area (Å²) in [5.41, 5.74) is 6.95. The number of hydrogen-bond acceptors (Lipinski definition) is 10. The van der Waals surface area contributed by atoms with Crippen molar-refractivity contribution in [2.75, 3.05) is 38.5 Å². The zero-order chi connectivity index (χ0) is 34.1. The van der Waals surface area contributed by atoms with Crippen LogP contribution in [0.5, 0.6) is 5.75 Å². The van der Waals surface area contributed by atoms with Gasteiger partial charge in [0.25, 0.3) is 0 Å². The van der Waals surface area contributed by atoms with Gasteiger partial charge in [0.15, 0.2) is 17.8 Å². The van der Waals surface area contributed by atoms with Crippen molar-refractivity contribution in [3.8, 4) is 5.75 Å². The molecule has 270 valence electrons. The van der Waals surface area contributed by atoms with Crippen molar-refractivity contribution in [3.63, 3.8) is 0 Å². The molecule has 0 saturated carbocycles. The molecule has 11 nitrogen and oxygen atoms in total. The Morgan fingerprint density at radius 2 is 1.44 bits per heavy atom. The number of fused-ring (bicyclic) bond motifs is 1. The van der Waals surface area contributed by atoms with E-state index in [-0.39, 0.29) is 25.4 Å². The molecule has 0 spiro atoms. The summed E-state index contributed by atoms with van der Waals surface area (Å²) in [5.74, 6) is 0.703. The summed E-state index contributed by atoms with van der Waals surface area (Å²) in [6.07, 6.45) is 23.8. The summed E-state index contributed by atoms with van der Waals surface area (Å²) in [5, 5.41) is 9.67. The number of para-hydroxylation sites is 1. The molecule has 48 heavy (non-hydrogen) atoms. The number of nitrogens with two attached hydrogens (primary N) is 1. The third-order valence-electron chi connectivity index (χ3n) is 8.39. The fourth-order valence-electron chi connectivity index (χ4n) is 5.64. The lowest BCUT2D eigenvalue weighted by molar-refractivity contribution is 0.0378. The number of hydrogen-bond donors (Lipinski definition) is 2. The van der Waals surface area contributed by atoms with Gasteiger partial charge in [-0.2, -0.15) is 0 Å². The van der Waals surface area contributed by atoms with Gasteiger partial charge in [0.2, 0.25) is 0 Å². The molecule has 3 rings (SSSR count). The number of imidazole rings is 1. The molecule has 0 amide bonds. The molecule has 0 bridgehead atoms. The molecule has 2 atom stereocenters. The Balaban J connectivity index is 1.29. The number of aromatic nitrogens is 4. The lowest BCUT2D eigenvalue weighted by atomic mass is 10.0. The van der Waals surface area contributed by atoms with E-state index in [1.54, 1.807) is 35.2 Å². The van der Waals surface area contributed by atoms with Gasteiger partial charge < -0.3 is 29.4 Å². The fraction of sp³-hybridized carbons (Fsp3) is 0.694. The van der Waals surface area contributed by atoms with Gasteiger partial charge in [-0.15, -0.1) is 0 Å². The molecule has 0 radical (unpaired) electrons. The summed E-state index contributed by atoms with van der Waals surface area (Å²) in [6, 6.07) is 8.89. The van der Waals surface area contributed by atoms with Crippen LogP contribution in [0.1, 0.15) is 116 Å². The van der Waals surface area contributed by atoms with Crippen molar-refractivity contribution in [1.82, 2.24) is 19.5 Å². The first-order valence-corrected chi connectivity index (χ1v) is 20.0. The fourth-order valence-corrected chi connectivity index (χ4v) is 7.01. The predicted molar refractivity (Wildman–Crippen MR) is 192 cm³/mol. The van der Waals surface area contributed by atoms with Crippen LogP contribution >= 0.6 is 7.60 Å². The average molecular weight is 690 g/mol. The van der Waals surface area contributed by atoms with Crippen LogP contribution in [0.15, 0.2) is 43.0 Å². The van der Waals surface area contributed by atoms with Crippen LogP contribution in [0.25, 0.3) is 11.2 Å². The molecule has 0 aliphatic carbocycles. The zero-order valence-corrected chi connectivity index (χ0v) is 30.1. The van der Waals surface area contributed by atoms with Gasteiger partial charge in [-0.25, -0.2) is 19.5 Å². The van der Waals surface area contributed by atoms with Crippen LogP contribution in [0, 0.1) is 0 Å². The van der Waals surface area contributed by atoms with E-state index < -0.39 is 13.7 Å². The van der Waals surface area contributed by atoms with Crippen molar-refractivity contribution in [2.24, 2.45) is 0 Å². The molecular weight excluding hydrogens is 629 g/mol. The summed E-state index contributed by atoms with van der Waals surface area (Å²) < 4.78 is 39.0. The first-order valence-electron chi connectivity index (χ1n) is 18.2. The third kappa shape index (κ3) is 16.2. The third-order valence-corrected chi connectivity index (χ3v) is 9.93. The highest BCUT2D eigenvalue weighted by molar-refractivity contribution is 7.54. The first-order chi connectivity index (χ1) is 23.5. The minimum absolute atomic E-state index is 0.110. The van der Waals surface area contributed by atoms with Gasteiger partial charge >= 0.3 is 7.60 Å². The number of anilines is 1. The number of nitrogen functional groups attached to an aromatic ring is 1. The molecule has 0 aliphatic heterocycles. The Morgan fingerprint density at radius 3 is 2.06 bits per heavy atom. The van der Waals surface area contributed by atoms with Crippen LogP contribution in [0.4, 0.5) is 5.82 Å². The number of aliphatic hydroxyl groups excluding tert-OH is 1. The van der Waals surface area contributed by atoms with E-state index in [2.05, 4.69) is 21.9 Å². The van der Waals surface area contributed by atoms with Crippen LogP contribution in [-0.4, -0.2) is 63.5 Å². The summed E-state index contributed by atoms with van der Waals surface area (Å²) in [4.78, 5) is 12.5. The Hall–Kier alpha value is -2.56. The van der Waals surface area contributed by atoms with Gasteiger partial charge in [0.05, 0.1) is 32.2 Å². The van der Waals surface area contributed by atoms with Gasteiger partial charge in [0.1, 0.15) is 17.6 Å². The number of aliphatic hydroxyl groups is 1. The second kappa shape index (κ2) is 24.6. The topological polar surface area (TPSA) is 144 Å². The van der Waals surface area contributed by atoms with E-state index >= 15 is 0 Å². The molecule has 12 heteroatoms. The lowest BCUT2D eigenvalue weighted by Gasteiger charge is -2.23. The van der Waals surface area contributed by atoms with Crippen molar-refractivity contribution in [1.29, 1.82) is 0 Å². The lowest BCUT2D eigenvalue weighted by Crippen LogP contribution is -2.23. The molecule has 2 unspecified atom stereocenters. The molecule has 0 saturated heterocycles. The Kier molecular flexibility index (Phi) is 20.4. The van der Waals surface area contributed by atoms with Crippen LogP contribution in [0.3, 0.4) is 0 Å². The average Bonchev–Trinajstić information content (AvgIpc) is 3.50. The number of benzene rings is 1. The standard InChI is InChI=1S/C36H60N5O6P/c1-2-3-4-5-6-7-8-9-10-11-12-13-14-15-16-20-25-44-26-27-46-48(43,47-32-21-18-17-19-22-32)31-45-33(23-24-42)28-41-30-40-34-35(37)38-29-39-36(34)41/h17-19,21-22,29-30,33,42H,2-16,20,23-28,31H2,1H3,(H2,37,38,39). The molecule has 2 aromatic heterocycles. The van der Waals surface area contributed by atoms with Gasteiger partial charge in [-0.05, 0) is 25.0 Å². The Morgan fingerprint density at radius 1 is 0.812 bits per heavy atom. The van der Waals surface area contributed by atoms with Crippen LogP contribution < -0.4 is 10.3 Å². The highest BCUT2D eigenvalue weighted by Crippen LogP contribution is 2.48. The molecule has 3 N–H and O–H groups in total. The summed E-state index contributed by atoms with van der Waals surface area (Å²) >= 11 is 0. The molecule has 0 fully saturated rings. The highest BCUT2D eigenvalue weighted by Gasteiger charge is 2.29. The number of rotatable bonds is 30. The maximum Gasteiger partial charge on any atom is 0.404 e.